The summed E-state index contributed by atoms with van der Waals surface area (Å²) in [6.45, 7) is 4.84. The van der Waals surface area contributed by atoms with Crippen LogP contribution in [0.2, 0.25) is 0 Å². The Bertz CT molecular complexity index is 467. The first-order valence-corrected chi connectivity index (χ1v) is 7.54. The van der Waals surface area contributed by atoms with E-state index in [1.54, 1.807) is 0 Å². The van der Waals surface area contributed by atoms with Gasteiger partial charge in [-0.3, -0.25) is 14.3 Å². The average Bonchev–Trinajstić information content (AvgIpc) is 2.38. The van der Waals surface area contributed by atoms with Gasteiger partial charge in [0.05, 0.1) is 17.1 Å². The lowest BCUT2D eigenvalue weighted by molar-refractivity contribution is -0.384. The number of anilines is 2. The first-order valence-electron chi connectivity index (χ1n) is 6.06. The Kier molecular flexibility index (Phi) is 6.20. The molecule has 106 valence electrons. The van der Waals surface area contributed by atoms with Crippen LogP contribution < -0.4 is 10.6 Å². The molecule has 1 aromatic heterocycles. The summed E-state index contributed by atoms with van der Waals surface area (Å²) < 4.78 is 11.3. The summed E-state index contributed by atoms with van der Waals surface area (Å²) in [5, 5.41) is 16.7. The van der Waals surface area contributed by atoms with Crippen LogP contribution in [0.3, 0.4) is 0 Å². The Labute approximate surface area is 114 Å². The summed E-state index contributed by atoms with van der Waals surface area (Å²) in [5.41, 5.74) is -0.0231. The van der Waals surface area contributed by atoms with Gasteiger partial charge in [-0.25, -0.2) is 4.98 Å². The fourth-order valence-corrected chi connectivity index (χ4v) is 2.04. The largest absolute Gasteiger partial charge is 0.370 e. The molecule has 0 aliphatic carbocycles. The van der Waals surface area contributed by atoms with Gasteiger partial charge in [0, 0.05) is 35.4 Å². The van der Waals surface area contributed by atoms with Crippen molar-refractivity contribution >= 4 is 28.1 Å². The van der Waals surface area contributed by atoms with Crippen LogP contribution in [0.4, 0.5) is 17.3 Å². The lowest BCUT2D eigenvalue weighted by Gasteiger charge is -2.08. The van der Waals surface area contributed by atoms with Gasteiger partial charge in [-0.1, -0.05) is 6.92 Å². The second-order valence-electron chi connectivity index (χ2n) is 3.74. The van der Waals surface area contributed by atoms with Crippen LogP contribution in [0.5, 0.6) is 0 Å². The van der Waals surface area contributed by atoms with Gasteiger partial charge in [0.2, 0.25) is 0 Å². The molecule has 1 rings (SSSR count). The van der Waals surface area contributed by atoms with Gasteiger partial charge in [-0.2, -0.15) is 0 Å². The van der Waals surface area contributed by atoms with Crippen LogP contribution in [0.15, 0.2) is 12.1 Å². The van der Waals surface area contributed by atoms with Gasteiger partial charge in [-0.15, -0.1) is 0 Å². The predicted octanol–water partition coefficient (Wildman–Crippen LogP) is 1.60. The molecule has 1 unspecified atom stereocenters. The van der Waals surface area contributed by atoms with E-state index >= 15 is 0 Å². The molecule has 1 atom stereocenters. The van der Waals surface area contributed by atoms with Crippen LogP contribution >= 0.6 is 0 Å². The number of hydrogen-bond donors (Lipinski definition) is 2. The topological polar surface area (TPSA) is 97.2 Å². The van der Waals surface area contributed by atoms with Gasteiger partial charge < -0.3 is 10.6 Å². The van der Waals surface area contributed by atoms with Crippen molar-refractivity contribution < 1.29 is 9.13 Å². The second-order valence-corrected chi connectivity index (χ2v) is 5.61. The lowest BCUT2D eigenvalue weighted by atomic mass is 10.3. The normalized spacial score (nSPS) is 11.9. The highest BCUT2D eigenvalue weighted by Crippen LogP contribution is 2.20. The number of nitrogens with one attached hydrogen (secondary N) is 2. The van der Waals surface area contributed by atoms with Crippen molar-refractivity contribution in [1.29, 1.82) is 0 Å². The number of nitrogens with zero attached hydrogens (tertiary/aromatic N) is 2. The Hall–Kier alpha value is -1.70. The summed E-state index contributed by atoms with van der Waals surface area (Å²) in [5.74, 6) is 1.97. The minimum Gasteiger partial charge on any atom is -0.370 e. The number of pyridine rings is 1. The summed E-state index contributed by atoms with van der Waals surface area (Å²) in [4.78, 5) is 14.6. The van der Waals surface area contributed by atoms with E-state index in [9.17, 15) is 14.3 Å². The van der Waals surface area contributed by atoms with E-state index in [1.807, 2.05) is 13.8 Å². The quantitative estimate of drug-likeness (QED) is 0.556. The summed E-state index contributed by atoms with van der Waals surface area (Å²) in [7, 11) is -0.863. The maximum absolute atomic E-state index is 11.3. The summed E-state index contributed by atoms with van der Waals surface area (Å²) in [6.07, 6.45) is 0. The molecule has 0 bridgehead atoms. The van der Waals surface area contributed by atoms with Crippen LogP contribution in [-0.4, -0.2) is 38.7 Å². The molecule has 0 amide bonds. The van der Waals surface area contributed by atoms with Gasteiger partial charge in [0.1, 0.15) is 11.6 Å². The second kappa shape index (κ2) is 7.67. The van der Waals surface area contributed by atoms with Crippen molar-refractivity contribution in [1.82, 2.24) is 4.98 Å². The van der Waals surface area contributed by atoms with Gasteiger partial charge in [0.15, 0.2) is 0 Å². The highest BCUT2D eigenvalue weighted by molar-refractivity contribution is 7.84. The Morgan fingerprint density at radius 3 is 2.47 bits per heavy atom. The molecule has 0 aromatic carbocycles. The molecule has 0 aliphatic heterocycles. The zero-order valence-electron chi connectivity index (χ0n) is 11.0. The highest BCUT2D eigenvalue weighted by Gasteiger charge is 2.10. The molecular formula is C11H18N4O3S. The number of hydrogen-bond acceptors (Lipinski definition) is 6. The molecule has 0 saturated heterocycles. The lowest BCUT2D eigenvalue weighted by Crippen LogP contribution is -2.13. The smallest absolute Gasteiger partial charge is 0.276 e. The van der Waals surface area contributed by atoms with E-state index in [4.69, 9.17) is 0 Å². The van der Waals surface area contributed by atoms with E-state index in [1.165, 1.54) is 12.1 Å². The number of nitro groups is 1. The van der Waals surface area contributed by atoms with Crippen molar-refractivity contribution in [2.75, 3.05) is 35.2 Å². The maximum atomic E-state index is 11.3. The van der Waals surface area contributed by atoms with Crippen LogP contribution in [0, 0.1) is 10.1 Å². The van der Waals surface area contributed by atoms with Crippen LogP contribution in [0.25, 0.3) is 0 Å². The van der Waals surface area contributed by atoms with Crippen molar-refractivity contribution in [3.05, 3.63) is 22.2 Å². The molecule has 0 aliphatic rings. The van der Waals surface area contributed by atoms with E-state index in [2.05, 4.69) is 15.6 Å². The van der Waals surface area contributed by atoms with E-state index in [0.717, 1.165) is 0 Å². The Morgan fingerprint density at radius 1 is 1.32 bits per heavy atom. The first-order chi connectivity index (χ1) is 9.06. The van der Waals surface area contributed by atoms with Gasteiger partial charge in [0.25, 0.3) is 5.69 Å². The fourth-order valence-electron chi connectivity index (χ4n) is 1.42. The first kappa shape index (κ1) is 15.4. The Morgan fingerprint density at radius 2 is 1.95 bits per heavy atom. The predicted molar refractivity (Wildman–Crippen MR) is 77.1 cm³/mol. The minimum absolute atomic E-state index is 0.0231. The number of rotatable bonds is 8. The molecule has 0 saturated carbocycles. The van der Waals surface area contributed by atoms with Crippen molar-refractivity contribution in [3.63, 3.8) is 0 Å². The highest BCUT2D eigenvalue weighted by atomic mass is 32.2. The Balaban J connectivity index is 2.75. The molecular weight excluding hydrogens is 268 g/mol. The zero-order valence-corrected chi connectivity index (χ0v) is 11.8. The molecule has 1 aromatic rings. The van der Waals surface area contributed by atoms with Crippen LogP contribution in [0.1, 0.15) is 13.8 Å². The van der Waals surface area contributed by atoms with Gasteiger partial charge >= 0.3 is 0 Å². The number of aromatic nitrogens is 1. The standard InChI is InChI=1S/C11H18N4O3S/c1-3-12-10-7-9(15(16)17)8-11(14-10)13-5-6-19(18)4-2/h7-8H,3-6H2,1-2H3,(H2,12,13,14). The molecule has 8 heteroatoms. The van der Waals surface area contributed by atoms with Crippen molar-refractivity contribution in [2.45, 2.75) is 13.8 Å². The van der Waals surface area contributed by atoms with E-state index < -0.39 is 15.7 Å². The van der Waals surface area contributed by atoms with Crippen molar-refractivity contribution in [3.8, 4) is 0 Å². The third-order valence-corrected chi connectivity index (χ3v) is 3.64. The minimum atomic E-state index is -0.863. The molecule has 19 heavy (non-hydrogen) atoms. The van der Waals surface area contributed by atoms with Gasteiger partial charge in [-0.05, 0) is 6.92 Å². The monoisotopic (exact) mass is 286 g/mol. The zero-order chi connectivity index (χ0) is 14.3. The SMILES string of the molecule is CCNc1cc([N+](=O)[O-])cc(NCCS(=O)CC)n1. The summed E-state index contributed by atoms with van der Waals surface area (Å²) >= 11 is 0. The fraction of sp³-hybridized carbons (Fsp3) is 0.545. The van der Waals surface area contributed by atoms with E-state index in [0.29, 0.717) is 36.2 Å². The summed E-state index contributed by atoms with van der Waals surface area (Å²) in [6, 6.07) is 2.76. The molecule has 0 radical (unpaired) electrons. The third-order valence-electron chi connectivity index (χ3n) is 2.34. The molecule has 7 nitrogen and oxygen atoms in total. The molecule has 0 fully saturated rings. The van der Waals surface area contributed by atoms with Crippen molar-refractivity contribution in [2.24, 2.45) is 0 Å². The maximum Gasteiger partial charge on any atom is 0.276 e. The average molecular weight is 286 g/mol. The molecule has 1 heterocycles. The van der Waals surface area contributed by atoms with Crippen LogP contribution in [-0.2, 0) is 10.8 Å². The molecule has 2 N–H and O–H groups in total. The van der Waals surface area contributed by atoms with E-state index in [-0.39, 0.29) is 5.69 Å². The third kappa shape index (κ3) is 5.21. The molecule has 0 spiro atoms.